The van der Waals surface area contributed by atoms with Gasteiger partial charge in [0.1, 0.15) is 6.29 Å². The molecule has 0 aliphatic rings. The minimum atomic E-state index is 0.701. The Morgan fingerprint density at radius 3 is 1.48 bits per heavy atom. The van der Waals surface area contributed by atoms with Crippen molar-refractivity contribution < 1.29 is 4.79 Å². The number of anilines is 1. The Bertz CT molecular complexity index is 566. The van der Waals surface area contributed by atoms with Gasteiger partial charge in [0.05, 0.1) is 0 Å². The van der Waals surface area contributed by atoms with Crippen LogP contribution in [0.25, 0.3) is 12.2 Å². The van der Waals surface area contributed by atoms with E-state index in [-0.39, 0.29) is 0 Å². The Hall–Kier alpha value is -2.35. The summed E-state index contributed by atoms with van der Waals surface area (Å²) < 4.78 is 0. The number of benzene rings is 2. The lowest BCUT2D eigenvalue weighted by molar-refractivity contribution is 0.112. The summed E-state index contributed by atoms with van der Waals surface area (Å²) in [5, 5.41) is 0. The molecule has 0 N–H and O–H groups in total. The van der Waals surface area contributed by atoms with Gasteiger partial charge in [-0.2, -0.15) is 0 Å². The first kappa shape index (κ1) is 16.7. The topological polar surface area (TPSA) is 20.3 Å². The highest BCUT2D eigenvalue weighted by molar-refractivity contribution is 5.76. The normalized spacial score (nSPS) is 9.90. The second-order valence-corrected chi connectivity index (χ2v) is 4.60. The molecule has 2 rings (SSSR count). The van der Waals surface area contributed by atoms with Crippen LogP contribution in [-0.4, -0.2) is 20.4 Å². The van der Waals surface area contributed by atoms with E-state index < -0.39 is 0 Å². The summed E-state index contributed by atoms with van der Waals surface area (Å²) in [5.74, 6) is 0. The van der Waals surface area contributed by atoms with Crippen LogP contribution in [0.3, 0.4) is 0 Å². The molecule has 0 radical (unpaired) electrons. The molecular weight excluding hydrogens is 258 g/mol. The molecule has 21 heavy (non-hydrogen) atoms. The molecule has 2 aromatic rings. The highest BCUT2D eigenvalue weighted by atomic mass is 16.1. The largest absolute Gasteiger partial charge is 0.378 e. The predicted octanol–water partition coefficient (Wildman–Crippen LogP) is 4.76. The Morgan fingerprint density at radius 2 is 1.10 bits per heavy atom. The van der Waals surface area contributed by atoms with Crippen LogP contribution in [0.1, 0.15) is 35.3 Å². The highest BCUT2D eigenvalue weighted by Crippen LogP contribution is 2.14. The average Bonchev–Trinajstić information content (AvgIpc) is 2.55. The van der Waals surface area contributed by atoms with Crippen LogP contribution in [0.2, 0.25) is 0 Å². The first-order chi connectivity index (χ1) is 10.2. The van der Waals surface area contributed by atoms with Crippen molar-refractivity contribution in [1.29, 1.82) is 0 Å². The summed E-state index contributed by atoms with van der Waals surface area (Å²) in [6, 6.07) is 15.9. The van der Waals surface area contributed by atoms with Crippen LogP contribution in [0.15, 0.2) is 48.5 Å². The second-order valence-electron chi connectivity index (χ2n) is 4.60. The molecule has 0 spiro atoms. The first-order valence-electron chi connectivity index (χ1n) is 7.20. The van der Waals surface area contributed by atoms with Gasteiger partial charge in [0.25, 0.3) is 0 Å². The molecule has 0 unspecified atom stereocenters. The van der Waals surface area contributed by atoms with E-state index in [4.69, 9.17) is 0 Å². The molecule has 0 heterocycles. The van der Waals surface area contributed by atoms with Crippen LogP contribution >= 0.6 is 0 Å². The molecule has 0 fully saturated rings. The van der Waals surface area contributed by atoms with Gasteiger partial charge in [0.15, 0.2) is 0 Å². The fourth-order valence-corrected chi connectivity index (χ4v) is 1.76. The Labute approximate surface area is 127 Å². The molecule has 2 aromatic carbocycles. The number of hydrogen-bond acceptors (Lipinski definition) is 2. The molecule has 0 amide bonds. The van der Waals surface area contributed by atoms with Crippen molar-refractivity contribution in [1.82, 2.24) is 0 Å². The van der Waals surface area contributed by atoms with Crippen molar-refractivity contribution in [3.63, 3.8) is 0 Å². The summed E-state index contributed by atoms with van der Waals surface area (Å²) in [4.78, 5) is 12.6. The molecule has 0 aromatic heterocycles. The number of aldehydes is 1. The molecule has 2 nitrogen and oxygen atoms in total. The minimum absolute atomic E-state index is 0.701. The van der Waals surface area contributed by atoms with E-state index in [0.717, 1.165) is 17.4 Å². The van der Waals surface area contributed by atoms with E-state index in [2.05, 4.69) is 35.2 Å². The summed E-state index contributed by atoms with van der Waals surface area (Å²) in [6.07, 6.45) is 4.96. The highest BCUT2D eigenvalue weighted by Gasteiger charge is 1.94. The van der Waals surface area contributed by atoms with Gasteiger partial charge in [-0.1, -0.05) is 62.4 Å². The van der Waals surface area contributed by atoms with Gasteiger partial charge in [-0.25, -0.2) is 0 Å². The molecule has 0 saturated carbocycles. The van der Waals surface area contributed by atoms with Crippen molar-refractivity contribution in [2.75, 3.05) is 19.0 Å². The van der Waals surface area contributed by atoms with Crippen LogP contribution in [0, 0.1) is 0 Å². The maximum atomic E-state index is 10.6. The lowest BCUT2D eigenvalue weighted by Gasteiger charge is -2.11. The quantitative estimate of drug-likeness (QED) is 0.595. The monoisotopic (exact) mass is 281 g/mol. The van der Waals surface area contributed by atoms with Crippen LogP contribution in [0.4, 0.5) is 5.69 Å². The molecular formula is C19H23NO. The molecule has 0 aliphatic carbocycles. The molecule has 110 valence electrons. The maximum absolute atomic E-state index is 10.6. The van der Waals surface area contributed by atoms with Crippen molar-refractivity contribution >= 4 is 24.1 Å². The van der Waals surface area contributed by atoms with Gasteiger partial charge >= 0.3 is 0 Å². The molecule has 0 saturated heterocycles. The van der Waals surface area contributed by atoms with E-state index in [0.29, 0.717) is 5.56 Å². The Morgan fingerprint density at radius 1 is 0.714 bits per heavy atom. The van der Waals surface area contributed by atoms with Gasteiger partial charge < -0.3 is 4.90 Å². The lowest BCUT2D eigenvalue weighted by Crippen LogP contribution is -2.07. The Kier molecular flexibility index (Phi) is 6.96. The maximum Gasteiger partial charge on any atom is 0.150 e. The summed E-state index contributed by atoms with van der Waals surface area (Å²) in [5.41, 5.74) is 4.13. The average molecular weight is 281 g/mol. The number of nitrogens with zero attached hydrogens (tertiary/aromatic N) is 1. The zero-order valence-corrected chi connectivity index (χ0v) is 13.2. The van der Waals surface area contributed by atoms with Crippen LogP contribution < -0.4 is 4.90 Å². The van der Waals surface area contributed by atoms with E-state index in [1.807, 2.05) is 58.3 Å². The molecule has 2 heteroatoms. The third-order valence-corrected chi connectivity index (χ3v) is 2.95. The standard InChI is InChI=1S/C17H17NO.C2H6/c1-18(2)17-11-9-15(10-12-17)4-3-14-5-7-16(13-19)8-6-14;1-2/h3-13H,1-2H3;1-2H3/b4-3+;. The minimum Gasteiger partial charge on any atom is -0.378 e. The van der Waals surface area contributed by atoms with Gasteiger partial charge in [-0.05, 0) is 23.3 Å². The third kappa shape index (κ3) is 5.27. The van der Waals surface area contributed by atoms with Crippen LogP contribution in [-0.2, 0) is 0 Å². The lowest BCUT2D eigenvalue weighted by atomic mass is 10.1. The predicted molar refractivity (Wildman–Crippen MR) is 92.9 cm³/mol. The number of carbonyl (C=O) groups is 1. The smallest absolute Gasteiger partial charge is 0.150 e. The van der Waals surface area contributed by atoms with Crippen molar-refractivity contribution in [2.45, 2.75) is 13.8 Å². The zero-order chi connectivity index (χ0) is 15.7. The number of carbonyl (C=O) groups excluding carboxylic acids is 1. The van der Waals surface area contributed by atoms with E-state index >= 15 is 0 Å². The van der Waals surface area contributed by atoms with E-state index in [1.165, 1.54) is 5.69 Å². The second kappa shape index (κ2) is 8.75. The SMILES string of the molecule is CC.CN(C)c1ccc(/C=C/c2ccc(C=O)cc2)cc1. The fourth-order valence-electron chi connectivity index (χ4n) is 1.76. The van der Waals surface area contributed by atoms with Gasteiger partial charge in [0.2, 0.25) is 0 Å². The van der Waals surface area contributed by atoms with Crippen molar-refractivity contribution in [2.24, 2.45) is 0 Å². The number of rotatable bonds is 4. The van der Waals surface area contributed by atoms with Crippen molar-refractivity contribution in [3.05, 3.63) is 65.2 Å². The summed E-state index contributed by atoms with van der Waals surface area (Å²) in [7, 11) is 4.05. The van der Waals surface area contributed by atoms with Gasteiger partial charge in [0, 0.05) is 25.3 Å². The van der Waals surface area contributed by atoms with E-state index in [1.54, 1.807) is 0 Å². The molecule has 0 aliphatic heterocycles. The number of hydrogen-bond donors (Lipinski definition) is 0. The first-order valence-corrected chi connectivity index (χ1v) is 7.20. The molecule has 0 atom stereocenters. The van der Waals surface area contributed by atoms with Crippen molar-refractivity contribution in [3.8, 4) is 0 Å². The Balaban J connectivity index is 0.00000106. The fraction of sp³-hybridized carbons (Fsp3) is 0.211. The molecule has 0 bridgehead atoms. The summed E-state index contributed by atoms with van der Waals surface area (Å²) in [6.45, 7) is 4.00. The van der Waals surface area contributed by atoms with Crippen LogP contribution in [0.5, 0.6) is 0 Å². The third-order valence-electron chi connectivity index (χ3n) is 2.95. The zero-order valence-electron chi connectivity index (χ0n) is 13.2. The summed E-state index contributed by atoms with van der Waals surface area (Å²) >= 11 is 0. The van der Waals surface area contributed by atoms with E-state index in [9.17, 15) is 4.79 Å². The van der Waals surface area contributed by atoms with Gasteiger partial charge in [-0.15, -0.1) is 0 Å². The van der Waals surface area contributed by atoms with Gasteiger partial charge in [-0.3, -0.25) is 4.79 Å².